The second-order valence-corrected chi connectivity index (χ2v) is 14.5. The van der Waals surface area contributed by atoms with Crippen molar-refractivity contribution >= 4 is 18.7 Å². The Morgan fingerprint density at radius 1 is 0.838 bits per heavy atom. The summed E-state index contributed by atoms with van der Waals surface area (Å²) in [5.41, 5.74) is 1.12. The fourth-order valence-corrected chi connectivity index (χ4v) is 9.49. The van der Waals surface area contributed by atoms with Crippen LogP contribution in [0.15, 0.2) is 103 Å². The molecule has 1 N–H and O–H groups in total. The molecular weight excluding hydrogens is 476 g/mol. The first-order valence-corrected chi connectivity index (χ1v) is 14.7. The average molecular weight is 513 g/mol. The van der Waals surface area contributed by atoms with E-state index in [9.17, 15) is 5.11 Å². The fraction of sp³-hybridized carbons (Fsp3) is 0.312. The molecular formula is C32H36O4Si. The molecule has 3 atom stereocenters. The summed E-state index contributed by atoms with van der Waals surface area (Å²) in [7, 11) is -2.80. The van der Waals surface area contributed by atoms with E-state index in [1.807, 2.05) is 48.5 Å². The van der Waals surface area contributed by atoms with Crippen molar-refractivity contribution in [2.75, 3.05) is 13.2 Å². The van der Waals surface area contributed by atoms with Crippen LogP contribution in [-0.2, 0) is 20.5 Å². The Balaban J connectivity index is 1.64. The molecule has 0 unspecified atom stereocenters. The van der Waals surface area contributed by atoms with Crippen LogP contribution in [0.3, 0.4) is 0 Å². The van der Waals surface area contributed by atoms with Gasteiger partial charge in [-0.3, -0.25) is 0 Å². The monoisotopic (exact) mass is 512 g/mol. The zero-order chi connectivity index (χ0) is 26.1. The van der Waals surface area contributed by atoms with Gasteiger partial charge in [-0.15, -0.1) is 0 Å². The van der Waals surface area contributed by atoms with E-state index < -0.39 is 20.5 Å². The maximum atomic E-state index is 9.43. The van der Waals surface area contributed by atoms with E-state index in [2.05, 4.69) is 87.2 Å². The number of ether oxygens (including phenoxy) is 2. The molecule has 0 aliphatic carbocycles. The van der Waals surface area contributed by atoms with Gasteiger partial charge in [0.1, 0.15) is 24.9 Å². The molecule has 5 heteroatoms. The first-order chi connectivity index (χ1) is 17.9. The Morgan fingerprint density at radius 3 is 1.95 bits per heavy atom. The lowest BCUT2D eigenvalue weighted by Gasteiger charge is -2.46. The quantitative estimate of drug-likeness (QED) is 0.275. The third kappa shape index (κ3) is 6.48. The maximum absolute atomic E-state index is 9.43. The van der Waals surface area contributed by atoms with Crippen molar-refractivity contribution in [1.82, 2.24) is 0 Å². The van der Waals surface area contributed by atoms with Gasteiger partial charge in [-0.2, -0.15) is 0 Å². The van der Waals surface area contributed by atoms with Crippen molar-refractivity contribution in [1.29, 1.82) is 0 Å². The Kier molecular flexibility index (Phi) is 9.15. The SMILES string of the molecule is CC(C)(C)[Si](O[C@@H]1C=C[C@@H](COCc2ccccc2)O[C@H]1C#CCO)(c1ccccc1)c1ccccc1. The molecule has 4 rings (SSSR count). The molecule has 0 amide bonds. The van der Waals surface area contributed by atoms with Crippen molar-refractivity contribution in [3.05, 3.63) is 109 Å². The molecule has 0 radical (unpaired) electrons. The normalized spacial score (nSPS) is 19.7. The topological polar surface area (TPSA) is 47.9 Å². The molecule has 0 spiro atoms. The fourth-order valence-electron chi connectivity index (χ4n) is 4.87. The molecule has 0 saturated carbocycles. The first kappa shape index (κ1) is 27.1. The summed E-state index contributed by atoms with van der Waals surface area (Å²) in [6.45, 7) is 7.45. The van der Waals surface area contributed by atoms with Crippen molar-refractivity contribution in [2.24, 2.45) is 0 Å². The summed E-state index contributed by atoms with van der Waals surface area (Å²) in [6, 6.07) is 31.2. The molecule has 4 nitrogen and oxygen atoms in total. The van der Waals surface area contributed by atoms with Crippen LogP contribution in [0, 0.1) is 11.8 Å². The van der Waals surface area contributed by atoms with Crippen molar-refractivity contribution in [3.8, 4) is 11.8 Å². The summed E-state index contributed by atoms with van der Waals surface area (Å²) in [5, 5.41) is 11.7. The second-order valence-electron chi connectivity index (χ2n) is 10.2. The zero-order valence-electron chi connectivity index (χ0n) is 21.8. The highest BCUT2D eigenvalue weighted by Crippen LogP contribution is 2.38. The van der Waals surface area contributed by atoms with Gasteiger partial charge in [-0.1, -0.05) is 136 Å². The van der Waals surface area contributed by atoms with Gasteiger partial charge in [0.25, 0.3) is 8.32 Å². The average Bonchev–Trinajstić information content (AvgIpc) is 2.92. The van der Waals surface area contributed by atoms with Gasteiger partial charge in [0, 0.05) is 0 Å². The molecule has 0 aromatic heterocycles. The first-order valence-electron chi connectivity index (χ1n) is 12.8. The summed E-state index contributed by atoms with van der Waals surface area (Å²) in [4.78, 5) is 0. The Bertz CT molecular complexity index is 1150. The van der Waals surface area contributed by atoms with Crippen LogP contribution in [0.5, 0.6) is 0 Å². The van der Waals surface area contributed by atoms with E-state index in [1.165, 1.54) is 10.4 Å². The smallest absolute Gasteiger partial charge is 0.262 e. The zero-order valence-corrected chi connectivity index (χ0v) is 22.8. The third-order valence-electron chi connectivity index (χ3n) is 6.58. The molecule has 0 fully saturated rings. The van der Waals surface area contributed by atoms with Crippen molar-refractivity contribution < 1.29 is 19.0 Å². The number of hydrogen-bond donors (Lipinski definition) is 1. The minimum Gasteiger partial charge on any atom is -0.397 e. The standard InChI is InChI=1S/C32H36O4Si/c1-32(2,3)37(28-16-9-5-10-17-28,29-18-11-6-12-19-29)36-31-22-21-27(35-30(31)20-13-23-33)25-34-24-26-14-7-4-8-15-26/h4-12,14-19,21-22,27,30-31,33H,23-25H2,1-3H3/t27-,30-,31+/m0/s1. The molecule has 0 bridgehead atoms. The van der Waals surface area contributed by atoms with Crippen molar-refractivity contribution in [3.63, 3.8) is 0 Å². The van der Waals surface area contributed by atoms with Gasteiger partial charge in [0.05, 0.1) is 13.2 Å². The highest BCUT2D eigenvalue weighted by Gasteiger charge is 2.52. The van der Waals surface area contributed by atoms with Crippen LogP contribution in [0.1, 0.15) is 26.3 Å². The van der Waals surface area contributed by atoms with Crippen LogP contribution in [-0.4, -0.2) is 44.9 Å². The van der Waals surface area contributed by atoms with Gasteiger partial charge in [-0.05, 0) is 21.0 Å². The molecule has 0 saturated heterocycles. The molecule has 37 heavy (non-hydrogen) atoms. The molecule has 1 heterocycles. The summed E-state index contributed by atoms with van der Waals surface area (Å²) >= 11 is 0. The summed E-state index contributed by atoms with van der Waals surface area (Å²) in [6.07, 6.45) is 2.92. The van der Waals surface area contributed by atoms with E-state index in [1.54, 1.807) is 0 Å². The molecule has 3 aromatic carbocycles. The molecule has 1 aliphatic heterocycles. The number of benzene rings is 3. The van der Waals surface area contributed by atoms with Gasteiger partial charge in [0.15, 0.2) is 0 Å². The second kappa shape index (κ2) is 12.5. The lowest BCUT2D eigenvalue weighted by molar-refractivity contribution is -0.0562. The predicted octanol–water partition coefficient (Wildman–Crippen LogP) is 4.47. The van der Waals surface area contributed by atoms with E-state index in [0.717, 1.165) is 5.56 Å². The summed E-state index contributed by atoms with van der Waals surface area (Å²) < 4.78 is 19.6. The highest BCUT2D eigenvalue weighted by molar-refractivity contribution is 6.99. The van der Waals surface area contributed by atoms with E-state index in [4.69, 9.17) is 13.9 Å². The van der Waals surface area contributed by atoms with E-state index >= 15 is 0 Å². The van der Waals surface area contributed by atoms with Gasteiger partial charge in [-0.25, -0.2) is 0 Å². The van der Waals surface area contributed by atoms with Crippen LogP contribution in [0.2, 0.25) is 5.04 Å². The largest absolute Gasteiger partial charge is 0.397 e. The lowest BCUT2D eigenvalue weighted by Crippen LogP contribution is -2.68. The number of aliphatic hydroxyl groups excluding tert-OH is 1. The van der Waals surface area contributed by atoms with Crippen LogP contribution < -0.4 is 10.4 Å². The highest BCUT2D eigenvalue weighted by atomic mass is 28.4. The Hall–Kier alpha value is -2.98. The maximum Gasteiger partial charge on any atom is 0.262 e. The van der Waals surface area contributed by atoms with Crippen LogP contribution in [0.25, 0.3) is 0 Å². The van der Waals surface area contributed by atoms with Crippen molar-refractivity contribution in [2.45, 2.75) is 50.7 Å². The molecule has 192 valence electrons. The van der Waals surface area contributed by atoms with Gasteiger partial charge >= 0.3 is 0 Å². The lowest BCUT2D eigenvalue weighted by atomic mass is 10.1. The molecule has 3 aromatic rings. The minimum atomic E-state index is -2.80. The van der Waals surface area contributed by atoms with E-state index in [-0.39, 0.29) is 17.7 Å². The third-order valence-corrected chi connectivity index (χ3v) is 11.6. The summed E-state index contributed by atoms with van der Waals surface area (Å²) in [5.74, 6) is 5.90. The predicted molar refractivity (Wildman–Crippen MR) is 151 cm³/mol. The van der Waals surface area contributed by atoms with Crippen LogP contribution >= 0.6 is 0 Å². The Labute approximate surface area is 222 Å². The number of rotatable bonds is 8. The van der Waals surface area contributed by atoms with Crippen LogP contribution in [0.4, 0.5) is 0 Å². The molecule has 1 aliphatic rings. The van der Waals surface area contributed by atoms with E-state index in [0.29, 0.717) is 13.2 Å². The number of hydrogen-bond acceptors (Lipinski definition) is 4. The van der Waals surface area contributed by atoms with Gasteiger partial charge < -0.3 is 19.0 Å². The Morgan fingerprint density at radius 2 is 1.41 bits per heavy atom. The van der Waals surface area contributed by atoms with Gasteiger partial charge in [0.2, 0.25) is 0 Å². The number of aliphatic hydroxyl groups is 1. The minimum absolute atomic E-state index is 0.172.